The molecule has 6 rings (SSSR count). The zero-order chi connectivity index (χ0) is 27.6. The van der Waals surface area contributed by atoms with Gasteiger partial charge in [0.15, 0.2) is 0 Å². The normalized spacial score (nSPS) is 20.4. The highest BCUT2D eigenvalue weighted by molar-refractivity contribution is 5.96. The summed E-state index contributed by atoms with van der Waals surface area (Å²) in [6.45, 7) is 13.3. The van der Waals surface area contributed by atoms with Gasteiger partial charge in [0.25, 0.3) is 0 Å². The third-order valence-electron chi connectivity index (χ3n) is 9.42. The monoisotopic (exact) mass is 524 g/mol. The molecule has 0 saturated carbocycles. The van der Waals surface area contributed by atoms with Crippen LogP contribution in [0, 0.1) is 13.8 Å². The summed E-state index contributed by atoms with van der Waals surface area (Å²) in [4.78, 5) is 17.8. The highest BCUT2D eigenvalue weighted by Gasteiger charge is 2.38. The summed E-state index contributed by atoms with van der Waals surface area (Å²) < 4.78 is 0. The fourth-order valence-electron chi connectivity index (χ4n) is 7.13. The van der Waals surface area contributed by atoms with Crippen LogP contribution in [-0.4, -0.2) is 42.9 Å². The topological polar surface area (TPSA) is 97.8 Å². The minimum atomic E-state index is -0.576. The van der Waals surface area contributed by atoms with Crippen molar-refractivity contribution in [2.75, 3.05) is 6.61 Å². The number of aromatic nitrogens is 4. The maximum Gasteiger partial charge on any atom is 0.0856 e. The van der Waals surface area contributed by atoms with Crippen LogP contribution < -0.4 is 0 Å². The highest BCUT2D eigenvalue weighted by Crippen LogP contribution is 2.47. The van der Waals surface area contributed by atoms with E-state index in [-0.39, 0.29) is 18.4 Å². The van der Waals surface area contributed by atoms with Crippen molar-refractivity contribution in [3.8, 4) is 0 Å². The van der Waals surface area contributed by atoms with E-state index < -0.39 is 6.10 Å². The molecule has 2 aliphatic heterocycles. The molecule has 0 amide bonds. The standard InChI is InChI=1S/C33H40N4O2/c1-7-20-16(3)24-13-26-18(5)22(10-9-11-38)32(36-26)23-12-30(39)31-19(6)27(37-33(23)31)15-29-21(8-2)17(4)25(35-29)14-28(20)34-24/h13-15,18,22,30,34-35,38-39H,7-12H2,1-6H3/t18-,22-,30+/m0/s1. The second kappa shape index (κ2) is 9.76. The summed E-state index contributed by atoms with van der Waals surface area (Å²) in [5.41, 5.74) is 16.5. The summed E-state index contributed by atoms with van der Waals surface area (Å²) >= 11 is 0. The number of hydrogen-bond donors (Lipinski definition) is 4. The number of aromatic amines is 2. The van der Waals surface area contributed by atoms with Crippen LogP contribution in [0.15, 0.2) is 18.2 Å². The Morgan fingerprint density at radius 2 is 1.54 bits per heavy atom. The maximum absolute atomic E-state index is 11.2. The summed E-state index contributed by atoms with van der Waals surface area (Å²) in [6, 6.07) is 6.64. The lowest BCUT2D eigenvalue weighted by Gasteiger charge is -2.16. The molecule has 0 aromatic carbocycles. The Morgan fingerprint density at radius 3 is 2.18 bits per heavy atom. The number of aryl methyl sites for hydroxylation is 4. The molecule has 1 aliphatic carbocycles. The van der Waals surface area contributed by atoms with Gasteiger partial charge in [-0.3, -0.25) is 4.98 Å². The van der Waals surface area contributed by atoms with Gasteiger partial charge in [-0.05, 0) is 92.5 Å². The molecule has 6 heteroatoms. The molecular formula is C33H40N4O2. The zero-order valence-electron chi connectivity index (χ0n) is 24.0. The van der Waals surface area contributed by atoms with Crippen molar-refractivity contribution in [1.82, 2.24) is 19.9 Å². The number of H-pyrrole nitrogens is 2. The molecule has 4 N–H and O–H groups in total. The molecule has 3 aromatic rings. The molecule has 0 spiro atoms. The number of allylic oxidation sites excluding steroid dienone is 1. The van der Waals surface area contributed by atoms with Gasteiger partial charge in [-0.15, -0.1) is 0 Å². The largest absolute Gasteiger partial charge is 0.396 e. The van der Waals surface area contributed by atoms with E-state index in [0.29, 0.717) is 6.42 Å². The number of fused-ring (bicyclic) bond motifs is 8. The van der Waals surface area contributed by atoms with E-state index in [0.717, 1.165) is 87.2 Å². The van der Waals surface area contributed by atoms with Gasteiger partial charge in [-0.2, -0.15) is 0 Å². The molecule has 0 unspecified atom stereocenters. The van der Waals surface area contributed by atoms with Crippen molar-refractivity contribution >= 4 is 33.2 Å². The first kappa shape index (κ1) is 26.0. The number of rotatable bonds is 5. The molecule has 6 nitrogen and oxygen atoms in total. The number of nitrogens with one attached hydrogen (secondary N) is 2. The second-order valence-electron chi connectivity index (χ2n) is 11.5. The minimum absolute atomic E-state index is 0.164. The fraction of sp³-hybridized carbons (Fsp3) is 0.455. The first-order valence-electron chi connectivity index (χ1n) is 14.5. The van der Waals surface area contributed by atoms with Crippen LogP contribution in [0.3, 0.4) is 0 Å². The molecule has 3 aliphatic rings. The van der Waals surface area contributed by atoms with Gasteiger partial charge in [-0.1, -0.05) is 20.8 Å². The Balaban J connectivity index is 1.78. The minimum Gasteiger partial charge on any atom is -0.396 e. The van der Waals surface area contributed by atoms with E-state index in [1.807, 2.05) is 0 Å². The molecule has 0 fully saturated rings. The third kappa shape index (κ3) is 3.99. The smallest absolute Gasteiger partial charge is 0.0856 e. The Morgan fingerprint density at radius 1 is 0.897 bits per heavy atom. The van der Waals surface area contributed by atoms with Crippen LogP contribution >= 0.6 is 0 Å². The van der Waals surface area contributed by atoms with Crippen LogP contribution in [-0.2, 0) is 19.3 Å². The molecule has 204 valence electrons. The number of nitrogens with zero attached hydrogens (tertiary/aromatic N) is 2. The van der Waals surface area contributed by atoms with Crippen LogP contribution in [0.5, 0.6) is 0 Å². The summed E-state index contributed by atoms with van der Waals surface area (Å²) in [6.07, 6.45) is 3.41. The second-order valence-corrected chi connectivity index (χ2v) is 11.5. The third-order valence-corrected chi connectivity index (χ3v) is 9.42. The van der Waals surface area contributed by atoms with Crippen molar-refractivity contribution in [3.63, 3.8) is 0 Å². The summed E-state index contributed by atoms with van der Waals surface area (Å²) in [5, 5.41) is 20.9. The number of aliphatic hydroxyl groups excluding tert-OH is 2. The molecule has 0 radical (unpaired) electrons. The summed E-state index contributed by atoms with van der Waals surface area (Å²) in [7, 11) is 0. The van der Waals surface area contributed by atoms with Gasteiger partial charge in [0.2, 0.25) is 0 Å². The zero-order valence-corrected chi connectivity index (χ0v) is 24.0. The lowest BCUT2D eigenvalue weighted by Crippen LogP contribution is -2.08. The Labute approximate surface area is 230 Å². The molecule has 3 aromatic heterocycles. The molecule has 39 heavy (non-hydrogen) atoms. The quantitative estimate of drug-likeness (QED) is 0.304. The lowest BCUT2D eigenvalue weighted by atomic mass is 9.85. The van der Waals surface area contributed by atoms with Crippen LogP contribution in [0.1, 0.15) is 103 Å². The van der Waals surface area contributed by atoms with Crippen LogP contribution in [0.4, 0.5) is 0 Å². The Bertz CT molecular complexity index is 1670. The predicted molar refractivity (Wildman–Crippen MR) is 159 cm³/mol. The van der Waals surface area contributed by atoms with E-state index in [9.17, 15) is 10.2 Å². The average Bonchev–Trinajstić information content (AvgIpc) is 3.65. The Kier molecular flexibility index (Phi) is 6.51. The fourth-order valence-corrected chi connectivity index (χ4v) is 7.13. The highest BCUT2D eigenvalue weighted by atomic mass is 16.3. The van der Waals surface area contributed by atoms with Crippen LogP contribution in [0.25, 0.3) is 33.2 Å². The van der Waals surface area contributed by atoms with Gasteiger partial charge in [-0.25, -0.2) is 4.98 Å². The number of aliphatic hydroxyl groups is 2. The van der Waals surface area contributed by atoms with Gasteiger partial charge in [0, 0.05) is 69.5 Å². The van der Waals surface area contributed by atoms with Crippen LogP contribution in [0.2, 0.25) is 0 Å². The van der Waals surface area contributed by atoms with E-state index in [4.69, 9.17) is 9.97 Å². The van der Waals surface area contributed by atoms with Crippen molar-refractivity contribution in [2.45, 2.75) is 91.6 Å². The first-order valence-corrected chi connectivity index (χ1v) is 14.5. The van der Waals surface area contributed by atoms with Crippen molar-refractivity contribution in [2.24, 2.45) is 0 Å². The molecule has 0 saturated heterocycles. The van der Waals surface area contributed by atoms with Crippen molar-refractivity contribution < 1.29 is 10.2 Å². The SMILES string of the molecule is CCc1c(C)c2cc3[nH]c(cc4nc(c5c6nc(cc1[nH]2)C(C)=C6[C@H](O)C5)[C@@H](CCCO)[C@@H]4C)c(C)c3CC. The lowest BCUT2D eigenvalue weighted by molar-refractivity contribution is 0.239. The molecular weight excluding hydrogens is 484 g/mol. The van der Waals surface area contributed by atoms with Gasteiger partial charge in [0.05, 0.1) is 17.5 Å². The molecule has 5 heterocycles. The van der Waals surface area contributed by atoms with E-state index in [1.54, 1.807) is 0 Å². The van der Waals surface area contributed by atoms with Gasteiger partial charge >= 0.3 is 0 Å². The van der Waals surface area contributed by atoms with Crippen molar-refractivity contribution in [3.05, 3.63) is 68.8 Å². The van der Waals surface area contributed by atoms with E-state index >= 15 is 0 Å². The van der Waals surface area contributed by atoms with E-state index in [2.05, 4.69) is 69.7 Å². The summed E-state index contributed by atoms with van der Waals surface area (Å²) in [5.74, 6) is 0.390. The van der Waals surface area contributed by atoms with Gasteiger partial charge < -0.3 is 20.2 Å². The number of hydrogen-bond acceptors (Lipinski definition) is 4. The molecule has 8 bridgehead atoms. The van der Waals surface area contributed by atoms with Gasteiger partial charge in [0.1, 0.15) is 0 Å². The first-order chi connectivity index (χ1) is 18.8. The van der Waals surface area contributed by atoms with E-state index in [1.165, 1.54) is 22.3 Å². The average molecular weight is 525 g/mol. The molecule has 3 atom stereocenters. The van der Waals surface area contributed by atoms with Crippen molar-refractivity contribution in [1.29, 1.82) is 0 Å². The Hall–Kier alpha value is -3.22. The maximum atomic E-state index is 11.2. The predicted octanol–water partition coefficient (Wildman–Crippen LogP) is 6.56.